The second-order valence-electron chi connectivity index (χ2n) is 5.68. The molecule has 2 rings (SSSR count). The van der Waals surface area contributed by atoms with Crippen molar-refractivity contribution in [1.82, 2.24) is 0 Å². The highest BCUT2D eigenvalue weighted by Crippen LogP contribution is 2.41. The van der Waals surface area contributed by atoms with Crippen molar-refractivity contribution in [3.05, 3.63) is 35.4 Å². The molecule has 0 spiro atoms. The third-order valence-corrected chi connectivity index (χ3v) is 3.71. The van der Waals surface area contributed by atoms with Crippen LogP contribution in [0.2, 0.25) is 0 Å². The number of ether oxygens (including phenoxy) is 3. The van der Waals surface area contributed by atoms with Crippen LogP contribution in [0.1, 0.15) is 54.3 Å². The molecule has 0 radical (unpaired) electrons. The highest BCUT2D eigenvalue weighted by atomic mass is 16.5. The van der Waals surface area contributed by atoms with Crippen molar-refractivity contribution in [2.45, 2.75) is 33.6 Å². The van der Waals surface area contributed by atoms with Crippen molar-refractivity contribution in [3.8, 4) is 11.5 Å². The van der Waals surface area contributed by atoms with Crippen LogP contribution in [0.3, 0.4) is 0 Å². The van der Waals surface area contributed by atoms with Gasteiger partial charge in [-0.1, -0.05) is 38.1 Å². The van der Waals surface area contributed by atoms with Gasteiger partial charge in [0.1, 0.15) is 22.6 Å². The summed E-state index contributed by atoms with van der Waals surface area (Å²) in [4.78, 5) is 24.6. The fourth-order valence-corrected chi connectivity index (χ4v) is 2.69. The molecule has 6 nitrogen and oxygen atoms in total. The quantitative estimate of drug-likeness (QED) is 0.672. The molecular formula is C20H24O6. The Bertz CT molecular complexity index is 796. The number of benzene rings is 2. The minimum Gasteiger partial charge on any atom is -0.492 e. The minimum atomic E-state index is -1.26. The zero-order valence-corrected chi connectivity index (χ0v) is 15.3. The van der Waals surface area contributed by atoms with Crippen molar-refractivity contribution in [2.24, 2.45) is 0 Å². The lowest BCUT2D eigenvalue weighted by Crippen LogP contribution is -2.17. The van der Waals surface area contributed by atoms with Crippen molar-refractivity contribution in [3.63, 3.8) is 0 Å². The lowest BCUT2D eigenvalue weighted by Gasteiger charge is -2.20. The number of fused-ring (bicyclic) bond motifs is 1. The van der Waals surface area contributed by atoms with E-state index >= 15 is 0 Å². The Morgan fingerprint density at radius 3 is 1.81 bits per heavy atom. The van der Waals surface area contributed by atoms with Crippen LogP contribution in [0.4, 0.5) is 0 Å². The summed E-state index contributed by atoms with van der Waals surface area (Å²) >= 11 is 0. The van der Waals surface area contributed by atoms with Gasteiger partial charge in [-0.25, -0.2) is 9.59 Å². The summed E-state index contributed by atoms with van der Waals surface area (Å²) in [5.41, 5.74) is -0.320. The first-order valence-electron chi connectivity index (χ1n) is 8.81. The summed E-state index contributed by atoms with van der Waals surface area (Å²) in [6.45, 7) is 6.34. The van der Waals surface area contributed by atoms with Crippen molar-refractivity contribution in [2.75, 3.05) is 19.8 Å². The Morgan fingerprint density at radius 1 is 0.885 bits per heavy atom. The molecule has 0 bridgehead atoms. The molecule has 2 aromatic carbocycles. The molecule has 0 amide bonds. The lowest BCUT2D eigenvalue weighted by atomic mass is 9.97. The maximum absolute atomic E-state index is 12.6. The minimum absolute atomic E-state index is 0.0994. The summed E-state index contributed by atoms with van der Waals surface area (Å²) in [6, 6.07) is 7.15. The maximum atomic E-state index is 12.6. The standard InChI is InChI=1S/C20H24O6/c1-4-11-25-17-13-9-7-8-10-14(13)18(26-12-5-2)16(15(17)19(21)22)20(23)24-6-3/h7-10H,4-6,11-12H2,1-3H3,(H,21,22). The number of carboxylic acids is 1. The normalized spacial score (nSPS) is 10.6. The monoisotopic (exact) mass is 360 g/mol. The Hall–Kier alpha value is -2.76. The van der Waals surface area contributed by atoms with Crippen LogP contribution in [0, 0.1) is 0 Å². The van der Waals surface area contributed by atoms with E-state index in [1.807, 2.05) is 13.8 Å². The molecule has 0 fully saturated rings. The van der Waals surface area contributed by atoms with Gasteiger partial charge in [0.05, 0.1) is 19.8 Å². The Labute approximate surface area is 152 Å². The summed E-state index contributed by atoms with van der Waals surface area (Å²) in [5, 5.41) is 11.0. The van der Waals surface area contributed by atoms with Gasteiger partial charge < -0.3 is 19.3 Å². The third-order valence-electron chi connectivity index (χ3n) is 3.71. The number of carboxylic acid groups (broad SMARTS) is 1. The van der Waals surface area contributed by atoms with Gasteiger partial charge in [-0.3, -0.25) is 0 Å². The highest BCUT2D eigenvalue weighted by molar-refractivity contribution is 6.14. The zero-order chi connectivity index (χ0) is 19.1. The first-order chi connectivity index (χ1) is 12.6. The number of esters is 1. The van der Waals surface area contributed by atoms with E-state index in [2.05, 4.69) is 0 Å². The van der Waals surface area contributed by atoms with Crippen LogP contribution in [0.15, 0.2) is 24.3 Å². The Balaban J connectivity index is 2.88. The molecule has 140 valence electrons. The molecule has 26 heavy (non-hydrogen) atoms. The molecule has 2 aromatic rings. The first kappa shape index (κ1) is 19.6. The summed E-state index contributed by atoms with van der Waals surface area (Å²) in [5.74, 6) is -1.60. The second-order valence-corrected chi connectivity index (χ2v) is 5.68. The van der Waals surface area contributed by atoms with Gasteiger partial charge in [-0.2, -0.15) is 0 Å². The molecule has 0 unspecified atom stereocenters. The van der Waals surface area contributed by atoms with E-state index in [0.29, 0.717) is 36.8 Å². The molecule has 0 aliphatic carbocycles. The van der Waals surface area contributed by atoms with E-state index in [9.17, 15) is 14.7 Å². The molecule has 0 aliphatic rings. The average Bonchev–Trinajstić information content (AvgIpc) is 2.63. The van der Waals surface area contributed by atoms with Gasteiger partial charge in [0.25, 0.3) is 0 Å². The predicted octanol–water partition coefficient (Wildman–Crippen LogP) is 4.29. The SMILES string of the molecule is CCCOc1c(C(=O)O)c(C(=O)OCC)c(OCCC)c2ccccc12. The molecule has 0 aromatic heterocycles. The van der Waals surface area contributed by atoms with E-state index in [4.69, 9.17) is 14.2 Å². The molecule has 0 saturated carbocycles. The molecule has 0 heterocycles. The van der Waals surface area contributed by atoms with E-state index < -0.39 is 11.9 Å². The molecular weight excluding hydrogens is 336 g/mol. The van der Waals surface area contributed by atoms with Crippen LogP contribution < -0.4 is 9.47 Å². The third kappa shape index (κ3) is 3.90. The molecule has 0 aliphatic heterocycles. The van der Waals surface area contributed by atoms with E-state index in [-0.39, 0.29) is 29.2 Å². The van der Waals surface area contributed by atoms with Gasteiger partial charge in [-0.05, 0) is 19.8 Å². The number of aromatic carboxylic acids is 1. The summed E-state index contributed by atoms with van der Waals surface area (Å²) in [7, 11) is 0. The fourth-order valence-electron chi connectivity index (χ4n) is 2.69. The van der Waals surface area contributed by atoms with Crippen LogP contribution in [0.5, 0.6) is 11.5 Å². The zero-order valence-electron chi connectivity index (χ0n) is 15.3. The summed E-state index contributed by atoms with van der Waals surface area (Å²) in [6.07, 6.45) is 1.42. The van der Waals surface area contributed by atoms with Crippen LogP contribution in [0.25, 0.3) is 10.8 Å². The van der Waals surface area contributed by atoms with Gasteiger partial charge in [0.2, 0.25) is 0 Å². The Morgan fingerprint density at radius 2 is 1.38 bits per heavy atom. The maximum Gasteiger partial charge on any atom is 0.342 e. The van der Waals surface area contributed by atoms with Crippen molar-refractivity contribution >= 4 is 22.7 Å². The van der Waals surface area contributed by atoms with E-state index in [0.717, 1.165) is 0 Å². The highest BCUT2D eigenvalue weighted by Gasteiger charge is 2.31. The molecule has 1 N–H and O–H groups in total. The van der Waals surface area contributed by atoms with Crippen molar-refractivity contribution in [1.29, 1.82) is 0 Å². The molecule has 6 heteroatoms. The number of rotatable bonds is 9. The summed E-state index contributed by atoms with van der Waals surface area (Å²) < 4.78 is 16.7. The fraction of sp³-hybridized carbons (Fsp3) is 0.400. The molecule has 0 atom stereocenters. The van der Waals surface area contributed by atoms with Crippen LogP contribution >= 0.6 is 0 Å². The topological polar surface area (TPSA) is 82.1 Å². The first-order valence-corrected chi connectivity index (χ1v) is 8.81. The largest absolute Gasteiger partial charge is 0.492 e. The van der Waals surface area contributed by atoms with Gasteiger partial charge >= 0.3 is 11.9 Å². The van der Waals surface area contributed by atoms with E-state index in [1.165, 1.54) is 0 Å². The van der Waals surface area contributed by atoms with Gasteiger partial charge in [0, 0.05) is 10.8 Å². The number of carbonyl (C=O) groups excluding carboxylic acids is 1. The second kappa shape index (κ2) is 9.08. The van der Waals surface area contributed by atoms with Crippen LogP contribution in [-0.2, 0) is 4.74 Å². The Kier molecular flexibility index (Phi) is 6.83. The van der Waals surface area contributed by atoms with Gasteiger partial charge in [-0.15, -0.1) is 0 Å². The van der Waals surface area contributed by atoms with Crippen molar-refractivity contribution < 1.29 is 28.9 Å². The smallest absolute Gasteiger partial charge is 0.342 e. The van der Waals surface area contributed by atoms with Gasteiger partial charge in [0.15, 0.2) is 0 Å². The molecule has 0 saturated heterocycles. The predicted molar refractivity (Wildman–Crippen MR) is 98.4 cm³/mol. The van der Waals surface area contributed by atoms with Crippen LogP contribution in [-0.4, -0.2) is 36.9 Å². The number of hydrogen-bond acceptors (Lipinski definition) is 5. The van der Waals surface area contributed by atoms with E-state index in [1.54, 1.807) is 31.2 Å². The average molecular weight is 360 g/mol. The number of carbonyl (C=O) groups is 2. The lowest BCUT2D eigenvalue weighted by molar-refractivity contribution is 0.0508. The number of hydrogen-bond donors (Lipinski definition) is 1.